The van der Waals surface area contributed by atoms with Crippen molar-refractivity contribution in [3.8, 4) is 0 Å². The van der Waals surface area contributed by atoms with Gasteiger partial charge in [-0.2, -0.15) is 0 Å². The van der Waals surface area contributed by atoms with Gasteiger partial charge in [0.2, 0.25) is 5.91 Å². The van der Waals surface area contributed by atoms with Crippen LogP contribution in [-0.4, -0.2) is 46.9 Å². The average molecular weight is 870 g/mol. The van der Waals surface area contributed by atoms with Crippen LogP contribution in [0.4, 0.5) is 0 Å². The van der Waals surface area contributed by atoms with E-state index in [1.807, 2.05) is 24.3 Å². The Balaban J connectivity index is 4.56. The van der Waals surface area contributed by atoms with Gasteiger partial charge in [0, 0.05) is 6.42 Å². The van der Waals surface area contributed by atoms with Gasteiger partial charge >= 0.3 is 5.97 Å². The summed E-state index contributed by atoms with van der Waals surface area (Å²) in [5.74, 6) is -0.503. The van der Waals surface area contributed by atoms with E-state index in [1.165, 1.54) is 154 Å². The molecule has 0 spiro atoms. The van der Waals surface area contributed by atoms with Crippen LogP contribution in [0.25, 0.3) is 0 Å². The van der Waals surface area contributed by atoms with Crippen LogP contribution in [-0.2, 0) is 14.3 Å². The third-order valence-electron chi connectivity index (χ3n) is 12.3. The van der Waals surface area contributed by atoms with Crippen LogP contribution >= 0.6 is 0 Å². The van der Waals surface area contributed by atoms with Gasteiger partial charge in [-0.1, -0.05) is 262 Å². The maximum absolute atomic E-state index is 13.2. The summed E-state index contributed by atoms with van der Waals surface area (Å²) >= 11 is 0. The van der Waals surface area contributed by atoms with Crippen molar-refractivity contribution in [2.45, 2.75) is 289 Å². The summed E-state index contributed by atoms with van der Waals surface area (Å²) in [5.41, 5.74) is 0. The lowest BCUT2D eigenvalue weighted by Gasteiger charge is -2.24. The van der Waals surface area contributed by atoms with E-state index in [1.54, 1.807) is 0 Å². The standard InChI is InChI=1S/C56H103NO5/c1-4-7-10-13-16-19-22-25-26-27-28-31-34-37-40-43-46-49-56(61)62-52(47-44-41-38-35-32-29-23-20-17-14-11-8-5-2)50-55(60)57-53(51-58)54(59)48-45-42-39-36-33-30-24-21-18-15-12-9-6-3/h8,11,14,17,20,23,29,32,52-54,58-59H,4-7,9-10,12-13,15-16,18-19,21-22,24-28,30-31,33-51H2,1-3H3,(H,57,60)/b11-8+,17-14+,23-20+,32-29-. The lowest BCUT2D eigenvalue weighted by molar-refractivity contribution is -0.151. The second kappa shape index (κ2) is 49.8. The minimum atomic E-state index is -0.797. The normalized spacial score (nSPS) is 13.6. The van der Waals surface area contributed by atoms with Gasteiger partial charge in [0.05, 0.1) is 25.2 Å². The van der Waals surface area contributed by atoms with Gasteiger partial charge in [-0.15, -0.1) is 0 Å². The lowest BCUT2D eigenvalue weighted by atomic mass is 10.0. The molecule has 3 unspecified atom stereocenters. The zero-order valence-electron chi connectivity index (χ0n) is 41.3. The molecule has 3 atom stereocenters. The lowest BCUT2D eigenvalue weighted by Crippen LogP contribution is -2.46. The topological polar surface area (TPSA) is 95.9 Å². The van der Waals surface area contributed by atoms with E-state index < -0.39 is 18.2 Å². The minimum absolute atomic E-state index is 0.0540. The molecule has 0 aliphatic rings. The highest BCUT2D eigenvalue weighted by molar-refractivity contribution is 5.77. The zero-order chi connectivity index (χ0) is 45.2. The van der Waals surface area contributed by atoms with Crippen LogP contribution < -0.4 is 5.32 Å². The van der Waals surface area contributed by atoms with Crippen molar-refractivity contribution in [3.05, 3.63) is 48.6 Å². The molecule has 0 aromatic carbocycles. The smallest absolute Gasteiger partial charge is 0.306 e. The Bertz CT molecular complexity index is 1070. The summed E-state index contributed by atoms with van der Waals surface area (Å²) in [6.07, 6.45) is 60.3. The van der Waals surface area contributed by atoms with E-state index in [9.17, 15) is 19.8 Å². The zero-order valence-corrected chi connectivity index (χ0v) is 41.3. The largest absolute Gasteiger partial charge is 0.462 e. The first-order chi connectivity index (χ1) is 30.5. The fraction of sp³-hybridized carbons (Fsp3) is 0.821. The summed E-state index contributed by atoms with van der Waals surface area (Å²) in [4.78, 5) is 26.2. The van der Waals surface area contributed by atoms with Crippen LogP contribution in [0.2, 0.25) is 0 Å². The van der Waals surface area contributed by atoms with Gasteiger partial charge in [-0.05, 0) is 44.9 Å². The highest BCUT2D eigenvalue weighted by Gasteiger charge is 2.24. The molecule has 0 aliphatic carbocycles. The molecule has 0 fully saturated rings. The fourth-order valence-corrected chi connectivity index (χ4v) is 8.21. The second-order valence-electron chi connectivity index (χ2n) is 18.4. The van der Waals surface area contributed by atoms with E-state index in [4.69, 9.17) is 4.74 Å². The molecule has 62 heavy (non-hydrogen) atoms. The Morgan fingerprint density at radius 2 is 0.871 bits per heavy atom. The van der Waals surface area contributed by atoms with E-state index in [2.05, 4.69) is 50.4 Å². The predicted octanol–water partition coefficient (Wildman–Crippen LogP) is 16.2. The third-order valence-corrected chi connectivity index (χ3v) is 12.3. The molecule has 0 aromatic rings. The molecule has 0 aromatic heterocycles. The molecule has 6 nitrogen and oxygen atoms in total. The predicted molar refractivity (Wildman–Crippen MR) is 269 cm³/mol. The second-order valence-corrected chi connectivity index (χ2v) is 18.4. The summed E-state index contributed by atoms with van der Waals surface area (Å²) in [6, 6.07) is -0.713. The van der Waals surface area contributed by atoms with Crippen molar-refractivity contribution in [3.63, 3.8) is 0 Å². The number of ether oxygens (including phenoxy) is 1. The highest BCUT2D eigenvalue weighted by Crippen LogP contribution is 2.18. The number of carbonyl (C=O) groups is 2. The number of aliphatic hydroxyl groups excluding tert-OH is 2. The molecule has 0 radical (unpaired) electrons. The molecule has 0 saturated heterocycles. The Kier molecular flexibility index (Phi) is 48.1. The number of rotatable bonds is 48. The molecule has 0 saturated carbocycles. The van der Waals surface area contributed by atoms with Crippen molar-refractivity contribution in [1.29, 1.82) is 0 Å². The summed E-state index contributed by atoms with van der Waals surface area (Å²) in [6.45, 7) is 6.35. The van der Waals surface area contributed by atoms with Crippen molar-refractivity contribution in [2.24, 2.45) is 0 Å². The van der Waals surface area contributed by atoms with Gasteiger partial charge in [0.1, 0.15) is 6.10 Å². The van der Waals surface area contributed by atoms with Crippen LogP contribution in [0.3, 0.4) is 0 Å². The quantitative estimate of drug-likeness (QED) is 0.0322. The Morgan fingerprint density at radius 3 is 1.32 bits per heavy atom. The van der Waals surface area contributed by atoms with E-state index >= 15 is 0 Å². The minimum Gasteiger partial charge on any atom is -0.462 e. The molecule has 6 heteroatoms. The molecule has 0 aliphatic heterocycles. The Morgan fingerprint density at radius 1 is 0.484 bits per heavy atom. The number of carbonyl (C=O) groups excluding carboxylic acids is 2. The van der Waals surface area contributed by atoms with Crippen LogP contribution in [0.15, 0.2) is 48.6 Å². The van der Waals surface area contributed by atoms with Gasteiger partial charge in [-0.25, -0.2) is 0 Å². The van der Waals surface area contributed by atoms with Crippen molar-refractivity contribution in [1.82, 2.24) is 5.32 Å². The highest BCUT2D eigenvalue weighted by atomic mass is 16.5. The monoisotopic (exact) mass is 870 g/mol. The number of hydrogen-bond donors (Lipinski definition) is 3. The molecule has 1 amide bonds. The Hall–Kier alpha value is -2.18. The number of aliphatic hydroxyl groups is 2. The van der Waals surface area contributed by atoms with Crippen LogP contribution in [0.1, 0.15) is 271 Å². The fourth-order valence-electron chi connectivity index (χ4n) is 8.21. The maximum atomic E-state index is 13.2. The van der Waals surface area contributed by atoms with Gasteiger partial charge in [-0.3, -0.25) is 9.59 Å². The van der Waals surface area contributed by atoms with Crippen molar-refractivity contribution < 1.29 is 24.5 Å². The number of unbranched alkanes of at least 4 members (excludes halogenated alkanes) is 31. The number of allylic oxidation sites excluding steroid dienone is 8. The molecule has 0 bridgehead atoms. The molecular formula is C56H103NO5. The average Bonchev–Trinajstić information content (AvgIpc) is 3.26. The molecule has 0 heterocycles. The third kappa shape index (κ3) is 44.4. The number of amides is 1. The van der Waals surface area contributed by atoms with Gasteiger partial charge in [0.15, 0.2) is 0 Å². The van der Waals surface area contributed by atoms with Gasteiger partial charge in [0.25, 0.3) is 0 Å². The van der Waals surface area contributed by atoms with Crippen molar-refractivity contribution >= 4 is 11.9 Å². The van der Waals surface area contributed by atoms with Crippen LogP contribution in [0, 0.1) is 0 Å². The number of hydrogen-bond acceptors (Lipinski definition) is 5. The Labute approximate surface area is 385 Å². The van der Waals surface area contributed by atoms with E-state index in [0.29, 0.717) is 19.3 Å². The van der Waals surface area contributed by atoms with Crippen LogP contribution in [0.5, 0.6) is 0 Å². The van der Waals surface area contributed by atoms with Crippen molar-refractivity contribution in [2.75, 3.05) is 6.61 Å². The summed E-state index contributed by atoms with van der Waals surface area (Å²) in [5, 5.41) is 23.8. The first-order valence-electron chi connectivity index (χ1n) is 26.9. The first-order valence-corrected chi connectivity index (χ1v) is 26.9. The SMILES string of the molecule is CC/C=C/C=C/C=C/C=C\CCCCCC(CC(=O)NC(CO)C(O)CCCCCCCCCCCCCCC)OC(=O)CCCCCCCCCCCCCCCCCCC. The van der Waals surface area contributed by atoms with E-state index in [0.717, 1.165) is 70.6 Å². The summed E-state index contributed by atoms with van der Waals surface area (Å²) in [7, 11) is 0. The summed E-state index contributed by atoms with van der Waals surface area (Å²) < 4.78 is 5.93. The molecule has 3 N–H and O–H groups in total. The molecule has 362 valence electrons. The molecular weight excluding hydrogens is 767 g/mol. The number of nitrogens with one attached hydrogen (secondary N) is 1. The number of esters is 1. The molecule has 0 rings (SSSR count). The van der Waals surface area contributed by atoms with Gasteiger partial charge < -0.3 is 20.3 Å². The maximum Gasteiger partial charge on any atom is 0.306 e. The van der Waals surface area contributed by atoms with E-state index in [-0.39, 0.29) is 24.9 Å². The first kappa shape index (κ1) is 59.8.